The number of hydrogen-bond donors (Lipinski definition) is 0. The number of hydrogen-bond acceptors (Lipinski definition) is 5. The molecule has 0 bridgehead atoms. The van der Waals surface area contributed by atoms with Gasteiger partial charge < -0.3 is 13.9 Å². The molecule has 0 N–H and O–H groups in total. The summed E-state index contributed by atoms with van der Waals surface area (Å²) in [5, 5.41) is 1.91. The molecule has 0 unspecified atom stereocenters. The Bertz CT molecular complexity index is 949. The lowest BCUT2D eigenvalue weighted by atomic mass is 9.98. The van der Waals surface area contributed by atoms with Crippen LogP contribution in [0, 0.1) is 6.92 Å². The lowest BCUT2D eigenvalue weighted by Gasteiger charge is -2.14. The summed E-state index contributed by atoms with van der Waals surface area (Å²) < 4.78 is 16.6. The summed E-state index contributed by atoms with van der Waals surface area (Å²) in [5.74, 6) is 0.689. The van der Waals surface area contributed by atoms with E-state index in [-0.39, 0.29) is 11.5 Å². The van der Waals surface area contributed by atoms with Crippen molar-refractivity contribution in [1.29, 1.82) is 0 Å². The van der Waals surface area contributed by atoms with Crippen LogP contribution in [0.3, 0.4) is 0 Å². The summed E-state index contributed by atoms with van der Waals surface area (Å²) >= 11 is 0. The fourth-order valence-corrected chi connectivity index (χ4v) is 2.87. The molecule has 3 aromatic rings. The molecule has 2 aromatic carbocycles. The van der Waals surface area contributed by atoms with E-state index in [0.29, 0.717) is 33.4 Å². The van der Waals surface area contributed by atoms with Gasteiger partial charge in [0.05, 0.1) is 18.1 Å². The molecule has 0 spiro atoms. The maximum atomic E-state index is 12.2. The Kier molecular flexibility index (Phi) is 3.56. The summed E-state index contributed by atoms with van der Waals surface area (Å²) in [6.45, 7) is 4.54. The van der Waals surface area contributed by atoms with Crippen LogP contribution in [0.25, 0.3) is 21.7 Å². The van der Waals surface area contributed by atoms with Crippen molar-refractivity contribution in [2.45, 2.75) is 20.8 Å². The van der Waals surface area contributed by atoms with E-state index in [2.05, 4.69) is 0 Å². The van der Waals surface area contributed by atoms with Gasteiger partial charge in [-0.25, -0.2) is 0 Å². The summed E-state index contributed by atoms with van der Waals surface area (Å²) in [4.78, 5) is 23.8. The molecule has 0 aliphatic rings. The second-order valence-electron chi connectivity index (χ2n) is 5.34. The highest BCUT2D eigenvalue weighted by atomic mass is 16.5. The van der Waals surface area contributed by atoms with Gasteiger partial charge in [-0.05, 0) is 26.0 Å². The molecule has 0 atom stereocenters. The van der Waals surface area contributed by atoms with E-state index in [0.717, 1.165) is 5.39 Å². The third kappa shape index (κ3) is 2.34. The zero-order valence-electron chi connectivity index (χ0n) is 13.4. The molecule has 0 amide bonds. The average molecular weight is 312 g/mol. The van der Waals surface area contributed by atoms with Gasteiger partial charge in [0.25, 0.3) is 0 Å². The number of aryl methyl sites for hydroxylation is 1. The van der Waals surface area contributed by atoms with Crippen molar-refractivity contribution in [3.8, 4) is 11.5 Å². The fourth-order valence-electron chi connectivity index (χ4n) is 2.87. The van der Waals surface area contributed by atoms with Crippen molar-refractivity contribution < 1.29 is 23.5 Å². The predicted octanol–water partition coefficient (Wildman–Crippen LogP) is 4.03. The number of esters is 1. The summed E-state index contributed by atoms with van der Waals surface area (Å²) in [6, 6.07) is 7.20. The Labute approximate surface area is 132 Å². The molecule has 5 heteroatoms. The Balaban J connectivity index is 2.61. The third-order valence-electron chi connectivity index (χ3n) is 3.67. The lowest BCUT2D eigenvalue weighted by molar-refractivity contribution is -0.131. The van der Waals surface area contributed by atoms with Crippen LogP contribution < -0.4 is 9.47 Å². The van der Waals surface area contributed by atoms with E-state index in [1.807, 2.05) is 12.1 Å². The van der Waals surface area contributed by atoms with Gasteiger partial charge in [-0.15, -0.1) is 0 Å². The molecule has 0 fully saturated rings. The topological polar surface area (TPSA) is 65.7 Å². The summed E-state index contributed by atoms with van der Waals surface area (Å²) in [5.41, 5.74) is 0.904. The van der Waals surface area contributed by atoms with Gasteiger partial charge in [-0.2, -0.15) is 0 Å². The molecule has 3 rings (SSSR count). The van der Waals surface area contributed by atoms with Gasteiger partial charge >= 0.3 is 5.97 Å². The van der Waals surface area contributed by atoms with Crippen molar-refractivity contribution in [3.63, 3.8) is 0 Å². The second-order valence-corrected chi connectivity index (χ2v) is 5.34. The zero-order chi connectivity index (χ0) is 16.7. The standard InChI is InChI=1S/C18H16O5/c1-9-8-13-15(10(2)19)18(23-11(3)20)16-12(17(13)22-9)6-5-7-14(16)21-4/h5-8H,1-4H3. The van der Waals surface area contributed by atoms with Crippen LogP contribution >= 0.6 is 0 Å². The van der Waals surface area contributed by atoms with E-state index in [4.69, 9.17) is 13.9 Å². The molecule has 1 heterocycles. The molecule has 0 saturated heterocycles. The average Bonchev–Trinajstić information content (AvgIpc) is 2.86. The first kappa shape index (κ1) is 15.1. The number of furan rings is 1. The first-order chi connectivity index (χ1) is 10.9. The molecule has 0 aliphatic heterocycles. The molecule has 0 saturated carbocycles. The largest absolute Gasteiger partial charge is 0.496 e. The van der Waals surface area contributed by atoms with Crippen LogP contribution in [0.1, 0.15) is 30.0 Å². The maximum absolute atomic E-state index is 12.2. The van der Waals surface area contributed by atoms with Crippen molar-refractivity contribution in [1.82, 2.24) is 0 Å². The Morgan fingerprint density at radius 3 is 2.48 bits per heavy atom. The molecule has 5 nitrogen and oxygen atoms in total. The smallest absolute Gasteiger partial charge is 0.308 e. The minimum Gasteiger partial charge on any atom is -0.496 e. The number of carbonyl (C=O) groups excluding carboxylic acids is 2. The molecular weight excluding hydrogens is 296 g/mol. The van der Waals surface area contributed by atoms with Crippen molar-refractivity contribution in [2.24, 2.45) is 0 Å². The van der Waals surface area contributed by atoms with Crippen LogP contribution in [-0.4, -0.2) is 18.9 Å². The van der Waals surface area contributed by atoms with E-state index < -0.39 is 5.97 Å². The maximum Gasteiger partial charge on any atom is 0.308 e. The lowest BCUT2D eigenvalue weighted by Crippen LogP contribution is -2.08. The normalized spacial score (nSPS) is 11.0. The van der Waals surface area contributed by atoms with E-state index in [1.165, 1.54) is 21.0 Å². The van der Waals surface area contributed by atoms with Crippen LogP contribution in [0.15, 0.2) is 28.7 Å². The number of carbonyl (C=O) groups is 2. The van der Waals surface area contributed by atoms with Crippen LogP contribution in [-0.2, 0) is 4.79 Å². The van der Waals surface area contributed by atoms with E-state index in [1.54, 1.807) is 19.1 Å². The molecule has 0 aliphatic carbocycles. The molecular formula is C18H16O5. The van der Waals surface area contributed by atoms with Gasteiger partial charge in [-0.3, -0.25) is 9.59 Å². The highest BCUT2D eigenvalue weighted by molar-refractivity contribution is 6.20. The minimum atomic E-state index is -0.501. The minimum absolute atomic E-state index is 0.208. The van der Waals surface area contributed by atoms with Crippen molar-refractivity contribution >= 4 is 33.5 Å². The predicted molar refractivity (Wildman–Crippen MR) is 86.3 cm³/mol. The van der Waals surface area contributed by atoms with Crippen molar-refractivity contribution in [3.05, 3.63) is 35.6 Å². The van der Waals surface area contributed by atoms with E-state index in [9.17, 15) is 9.59 Å². The Morgan fingerprint density at radius 1 is 1.13 bits per heavy atom. The number of fused-ring (bicyclic) bond motifs is 3. The van der Waals surface area contributed by atoms with Crippen LogP contribution in [0.4, 0.5) is 0 Å². The monoisotopic (exact) mass is 312 g/mol. The molecule has 23 heavy (non-hydrogen) atoms. The van der Waals surface area contributed by atoms with Gasteiger partial charge in [-0.1, -0.05) is 12.1 Å². The summed E-state index contributed by atoms with van der Waals surface area (Å²) in [6.07, 6.45) is 0. The van der Waals surface area contributed by atoms with Crippen LogP contribution in [0.2, 0.25) is 0 Å². The third-order valence-corrected chi connectivity index (χ3v) is 3.67. The van der Waals surface area contributed by atoms with Gasteiger partial charge in [0.2, 0.25) is 0 Å². The van der Waals surface area contributed by atoms with Gasteiger partial charge in [0.1, 0.15) is 17.1 Å². The molecule has 118 valence electrons. The number of benzene rings is 2. The molecule has 1 aromatic heterocycles. The SMILES string of the molecule is COc1cccc2c1c(OC(C)=O)c(C(C)=O)c1cc(C)oc12. The number of methoxy groups -OCH3 is 1. The van der Waals surface area contributed by atoms with Crippen LogP contribution in [0.5, 0.6) is 11.5 Å². The number of ketones is 1. The number of Topliss-reactive ketones (excluding diaryl/α,β-unsaturated/α-hetero) is 1. The fraction of sp³-hybridized carbons (Fsp3) is 0.222. The first-order valence-corrected chi connectivity index (χ1v) is 7.16. The quantitative estimate of drug-likeness (QED) is 0.415. The summed E-state index contributed by atoms with van der Waals surface area (Å²) in [7, 11) is 1.53. The van der Waals surface area contributed by atoms with Gasteiger partial charge in [0, 0.05) is 17.7 Å². The first-order valence-electron chi connectivity index (χ1n) is 7.16. The number of ether oxygens (including phenoxy) is 2. The number of rotatable bonds is 3. The van der Waals surface area contributed by atoms with E-state index >= 15 is 0 Å². The Hall–Kier alpha value is -2.82. The van der Waals surface area contributed by atoms with Gasteiger partial charge in [0.15, 0.2) is 11.5 Å². The highest BCUT2D eigenvalue weighted by Crippen LogP contribution is 2.43. The van der Waals surface area contributed by atoms with Crippen molar-refractivity contribution in [2.75, 3.05) is 7.11 Å². The zero-order valence-corrected chi connectivity index (χ0v) is 13.4. The molecule has 0 radical (unpaired) electrons. The second kappa shape index (κ2) is 5.43. The highest BCUT2D eigenvalue weighted by Gasteiger charge is 2.24. The Morgan fingerprint density at radius 2 is 1.87 bits per heavy atom.